The molecule has 2 aromatic heterocycles. The van der Waals surface area contributed by atoms with Crippen LogP contribution in [0.5, 0.6) is 0 Å². The Balaban J connectivity index is 1.79. The molecule has 0 N–H and O–H groups in total. The Kier molecular flexibility index (Phi) is 3.93. The molecular formula is C20H17N3OS. The fourth-order valence-electron chi connectivity index (χ4n) is 2.88. The van der Waals surface area contributed by atoms with Crippen molar-refractivity contribution >= 4 is 21.7 Å². The molecule has 1 atom stereocenters. The number of rotatable bonds is 3. The molecule has 25 heavy (non-hydrogen) atoms. The van der Waals surface area contributed by atoms with Crippen LogP contribution in [0.1, 0.15) is 5.56 Å². The highest BCUT2D eigenvalue weighted by Gasteiger charge is 2.13. The Hall–Kier alpha value is -2.79. The molecule has 124 valence electrons. The summed E-state index contributed by atoms with van der Waals surface area (Å²) in [6, 6.07) is 16.2. The third-order valence-electron chi connectivity index (χ3n) is 4.22. The monoisotopic (exact) mass is 347 g/mol. The lowest BCUT2D eigenvalue weighted by atomic mass is 10.1. The minimum Gasteiger partial charge on any atom is -0.284 e. The highest BCUT2D eigenvalue weighted by Crippen LogP contribution is 2.26. The van der Waals surface area contributed by atoms with Gasteiger partial charge in [-0.1, -0.05) is 48.0 Å². The van der Waals surface area contributed by atoms with Gasteiger partial charge in [0.25, 0.3) is 0 Å². The van der Waals surface area contributed by atoms with E-state index in [1.165, 1.54) is 5.56 Å². The van der Waals surface area contributed by atoms with Crippen LogP contribution < -0.4 is 0 Å². The molecule has 0 radical (unpaired) electrons. The van der Waals surface area contributed by atoms with Crippen LogP contribution in [0, 0.1) is 6.92 Å². The first-order valence-electron chi connectivity index (χ1n) is 7.96. The topological polar surface area (TPSA) is 47.8 Å². The van der Waals surface area contributed by atoms with Gasteiger partial charge in [-0.2, -0.15) is 0 Å². The number of para-hydroxylation sites is 1. The predicted octanol–water partition coefficient (Wildman–Crippen LogP) is 4.13. The van der Waals surface area contributed by atoms with Gasteiger partial charge in [0.05, 0.1) is 21.2 Å². The van der Waals surface area contributed by atoms with E-state index in [9.17, 15) is 4.21 Å². The first-order valence-corrected chi connectivity index (χ1v) is 9.52. The normalized spacial score (nSPS) is 12.4. The molecule has 0 saturated carbocycles. The molecule has 5 heteroatoms. The summed E-state index contributed by atoms with van der Waals surface area (Å²) in [5.41, 5.74) is 4.24. The van der Waals surface area contributed by atoms with Crippen LogP contribution >= 0.6 is 0 Å². The Bertz CT molecular complexity index is 1070. The van der Waals surface area contributed by atoms with E-state index in [1.807, 2.05) is 47.4 Å². The van der Waals surface area contributed by atoms with E-state index >= 15 is 0 Å². The number of nitrogens with zero attached hydrogens (tertiary/aromatic N) is 3. The van der Waals surface area contributed by atoms with Crippen LogP contribution in [0.25, 0.3) is 28.0 Å². The van der Waals surface area contributed by atoms with Crippen LogP contribution in [0.15, 0.2) is 72.0 Å². The van der Waals surface area contributed by atoms with Gasteiger partial charge in [0.15, 0.2) is 0 Å². The SMILES string of the molecule is Cc1ccc(-c2cnc(-n3cc(S(C)=O)c4ccccc43)nc2)cc1. The number of aryl methyl sites for hydroxylation is 1. The van der Waals surface area contributed by atoms with Crippen molar-refractivity contribution in [1.29, 1.82) is 0 Å². The zero-order valence-corrected chi connectivity index (χ0v) is 14.8. The smallest absolute Gasteiger partial charge is 0.234 e. The molecule has 0 bridgehead atoms. The van der Waals surface area contributed by atoms with Crippen molar-refractivity contribution in [2.45, 2.75) is 11.8 Å². The summed E-state index contributed by atoms with van der Waals surface area (Å²) < 4.78 is 13.9. The molecule has 0 aliphatic heterocycles. The van der Waals surface area contributed by atoms with Crippen molar-refractivity contribution in [2.75, 3.05) is 6.26 Å². The Morgan fingerprint density at radius 3 is 2.28 bits per heavy atom. The molecule has 0 aliphatic carbocycles. The van der Waals surface area contributed by atoms with E-state index < -0.39 is 10.8 Å². The van der Waals surface area contributed by atoms with Gasteiger partial charge in [-0.05, 0) is 18.6 Å². The molecule has 4 rings (SSSR count). The molecule has 1 unspecified atom stereocenters. The minimum atomic E-state index is -1.07. The van der Waals surface area contributed by atoms with Gasteiger partial charge in [-0.15, -0.1) is 0 Å². The van der Waals surface area contributed by atoms with Crippen LogP contribution in [0.3, 0.4) is 0 Å². The molecule has 2 aromatic carbocycles. The molecule has 4 nitrogen and oxygen atoms in total. The third-order valence-corrected chi connectivity index (χ3v) is 5.17. The molecule has 0 spiro atoms. The predicted molar refractivity (Wildman–Crippen MR) is 101 cm³/mol. The zero-order valence-electron chi connectivity index (χ0n) is 14.0. The first-order chi connectivity index (χ1) is 12.1. The lowest BCUT2D eigenvalue weighted by Crippen LogP contribution is -1.99. The highest BCUT2D eigenvalue weighted by molar-refractivity contribution is 7.84. The van der Waals surface area contributed by atoms with Crippen LogP contribution in [-0.2, 0) is 10.8 Å². The summed E-state index contributed by atoms with van der Waals surface area (Å²) in [4.78, 5) is 9.84. The lowest BCUT2D eigenvalue weighted by Gasteiger charge is -2.05. The quantitative estimate of drug-likeness (QED) is 0.560. The molecule has 0 aliphatic rings. The maximum absolute atomic E-state index is 12.0. The summed E-state index contributed by atoms with van der Waals surface area (Å²) in [7, 11) is -1.07. The second-order valence-electron chi connectivity index (χ2n) is 5.97. The van der Waals surface area contributed by atoms with E-state index in [0.717, 1.165) is 26.9 Å². The molecule has 0 amide bonds. The summed E-state index contributed by atoms with van der Waals surface area (Å²) in [5.74, 6) is 0.573. The summed E-state index contributed by atoms with van der Waals surface area (Å²) in [6.45, 7) is 2.07. The van der Waals surface area contributed by atoms with Gasteiger partial charge in [0, 0.05) is 35.8 Å². The van der Waals surface area contributed by atoms with Gasteiger partial charge in [-0.3, -0.25) is 8.78 Å². The number of hydrogen-bond donors (Lipinski definition) is 0. The first kappa shape index (κ1) is 15.7. The molecule has 2 heterocycles. The minimum absolute atomic E-state index is 0.573. The Labute approximate surface area is 148 Å². The summed E-state index contributed by atoms with van der Waals surface area (Å²) in [5, 5.41) is 0.967. The largest absolute Gasteiger partial charge is 0.284 e. The van der Waals surface area contributed by atoms with Gasteiger partial charge in [0.2, 0.25) is 5.95 Å². The summed E-state index contributed by atoms with van der Waals surface area (Å²) in [6.07, 6.45) is 7.20. The Morgan fingerprint density at radius 1 is 0.920 bits per heavy atom. The van der Waals surface area contributed by atoms with Crippen LogP contribution in [-0.4, -0.2) is 25.0 Å². The molecule has 0 saturated heterocycles. The van der Waals surface area contributed by atoms with Crippen LogP contribution in [0.4, 0.5) is 0 Å². The van der Waals surface area contributed by atoms with Crippen molar-refractivity contribution < 1.29 is 4.21 Å². The Morgan fingerprint density at radius 2 is 1.60 bits per heavy atom. The van der Waals surface area contributed by atoms with E-state index in [2.05, 4.69) is 41.2 Å². The number of benzene rings is 2. The third kappa shape index (κ3) is 2.87. The maximum Gasteiger partial charge on any atom is 0.234 e. The fourth-order valence-corrected chi connectivity index (χ4v) is 3.62. The lowest BCUT2D eigenvalue weighted by molar-refractivity contribution is 0.687. The second-order valence-corrected chi connectivity index (χ2v) is 7.32. The van der Waals surface area contributed by atoms with Gasteiger partial charge in [0.1, 0.15) is 0 Å². The maximum atomic E-state index is 12.0. The van der Waals surface area contributed by atoms with Crippen LogP contribution in [0.2, 0.25) is 0 Å². The molecular weight excluding hydrogens is 330 g/mol. The zero-order chi connectivity index (χ0) is 17.4. The number of fused-ring (bicyclic) bond motifs is 1. The van der Waals surface area contributed by atoms with Crippen molar-refractivity contribution in [3.63, 3.8) is 0 Å². The van der Waals surface area contributed by atoms with Gasteiger partial charge in [-0.25, -0.2) is 9.97 Å². The molecule has 0 fully saturated rings. The van der Waals surface area contributed by atoms with Crippen molar-refractivity contribution in [1.82, 2.24) is 14.5 Å². The van der Waals surface area contributed by atoms with Crippen molar-refractivity contribution in [2.24, 2.45) is 0 Å². The van der Waals surface area contributed by atoms with E-state index in [-0.39, 0.29) is 0 Å². The van der Waals surface area contributed by atoms with E-state index in [1.54, 1.807) is 6.26 Å². The van der Waals surface area contributed by atoms with E-state index in [4.69, 9.17) is 0 Å². The average Bonchev–Trinajstić information content (AvgIpc) is 3.03. The van der Waals surface area contributed by atoms with Gasteiger partial charge < -0.3 is 0 Å². The fraction of sp³-hybridized carbons (Fsp3) is 0.100. The molecule has 4 aromatic rings. The summed E-state index contributed by atoms with van der Waals surface area (Å²) >= 11 is 0. The highest BCUT2D eigenvalue weighted by atomic mass is 32.2. The second kappa shape index (κ2) is 6.26. The van der Waals surface area contributed by atoms with Crippen molar-refractivity contribution in [3.8, 4) is 17.1 Å². The average molecular weight is 347 g/mol. The van der Waals surface area contributed by atoms with E-state index in [0.29, 0.717) is 5.95 Å². The number of aromatic nitrogens is 3. The van der Waals surface area contributed by atoms with Crippen molar-refractivity contribution in [3.05, 3.63) is 72.7 Å². The number of hydrogen-bond acceptors (Lipinski definition) is 3. The van der Waals surface area contributed by atoms with Gasteiger partial charge >= 0.3 is 0 Å². The standard InChI is InChI=1S/C20H17N3OS/c1-14-7-9-15(10-8-14)16-11-21-20(22-12-16)23-13-19(25(2)24)17-5-3-4-6-18(17)23/h3-13H,1-2H3.